The van der Waals surface area contributed by atoms with Crippen molar-refractivity contribution < 1.29 is 4.39 Å². The van der Waals surface area contributed by atoms with Crippen LogP contribution in [0.4, 0.5) is 4.39 Å². The second-order valence-electron chi connectivity index (χ2n) is 2.64. The molecule has 70 valence electrons. The van der Waals surface area contributed by atoms with Crippen LogP contribution in [-0.4, -0.2) is 17.9 Å². The summed E-state index contributed by atoms with van der Waals surface area (Å²) in [5.41, 5.74) is 0. The van der Waals surface area contributed by atoms with E-state index in [4.69, 9.17) is 0 Å². The maximum absolute atomic E-state index is 12.5. The number of benzene rings is 1. The number of nitrogens with zero attached hydrogens (tertiary/aromatic N) is 1. The van der Waals surface area contributed by atoms with Crippen LogP contribution in [0, 0.1) is 5.82 Å². The Bertz CT molecular complexity index is 271. The van der Waals surface area contributed by atoms with Gasteiger partial charge in [0, 0.05) is 11.4 Å². The third kappa shape index (κ3) is 3.61. The van der Waals surface area contributed by atoms with E-state index in [2.05, 4.69) is 6.58 Å². The Morgan fingerprint density at radius 3 is 2.62 bits per heavy atom. The summed E-state index contributed by atoms with van der Waals surface area (Å²) in [4.78, 5) is 1.03. The van der Waals surface area contributed by atoms with Crippen LogP contribution in [-0.2, 0) is 0 Å². The van der Waals surface area contributed by atoms with Crippen LogP contribution in [0.3, 0.4) is 0 Å². The molecule has 1 aromatic rings. The molecule has 1 aromatic carbocycles. The molecule has 1 rings (SSSR count). The van der Waals surface area contributed by atoms with Gasteiger partial charge in [-0.05, 0) is 43.3 Å². The van der Waals surface area contributed by atoms with E-state index in [-0.39, 0.29) is 5.82 Å². The molecule has 0 atom stereocenters. The largest absolute Gasteiger partial charge is 0.246 e. The fraction of sp³-hybridized carbons (Fsp3) is 0.200. The van der Waals surface area contributed by atoms with Gasteiger partial charge < -0.3 is 0 Å². The van der Waals surface area contributed by atoms with E-state index in [0.717, 1.165) is 11.4 Å². The lowest BCUT2D eigenvalue weighted by atomic mass is 10.4. The first kappa shape index (κ1) is 10.3. The average Bonchev–Trinajstić information content (AvgIpc) is 2.09. The number of hydrogen-bond donors (Lipinski definition) is 0. The van der Waals surface area contributed by atoms with Crippen LogP contribution in [0.1, 0.15) is 0 Å². The summed E-state index contributed by atoms with van der Waals surface area (Å²) in [7, 11) is 1.97. The first-order valence-corrected chi connectivity index (χ1v) is 4.75. The molecule has 0 N–H and O–H groups in total. The van der Waals surface area contributed by atoms with Crippen LogP contribution in [0.25, 0.3) is 0 Å². The summed E-state index contributed by atoms with van der Waals surface area (Å²) in [6, 6.07) is 6.45. The standard InChI is InChI=1S/C10H12FNS/c1-3-8-12(2)13-10-6-4-9(11)5-7-10/h3-7H,1,8H2,2H3. The Morgan fingerprint density at radius 2 is 2.08 bits per heavy atom. The molecule has 0 bridgehead atoms. The van der Waals surface area contributed by atoms with Crippen molar-refractivity contribution in [3.8, 4) is 0 Å². The molecule has 0 aliphatic carbocycles. The van der Waals surface area contributed by atoms with Gasteiger partial charge in [-0.1, -0.05) is 6.08 Å². The van der Waals surface area contributed by atoms with Gasteiger partial charge in [-0.2, -0.15) is 0 Å². The Hall–Kier alpha value is -0.800. The highest BCUT2D eigenvalue weighted by molar-refractivity contribution is 7.97. The zero-order valence-corrected chi connectivity index (χ0v) is 8.35. The Kier molecular flexibility index (Phi) is 3.99. The molecule has 0 saturated carbocycles. The third-order valence-electron chi connectivity index (χ3n) is 1.46. The number of hydrogen-bond acceptors (Lipinski definition) is 2. The second-order valence-corrected chi connectivity index (χ2v) is 3.92. The molecule has 13 heavy (non-hydrogen) atoms. The predicted molar refractivity (Wildman–Crippen MR) is 55.1 cm³/mol. The van der Waals surface area contributed by atoms with Gasteiger partial charge in [0.15, 0.2) is 0 Å². The topological polar surface area (TPSA) is 3.24 Å². The molecule has 0 spiro atoms. The maximum atomic E-state index is 12.5. The summed E-state index contributed by atoms with van der Waals surface area (Å²) in [5.74, 6) is -0.198. The highest BCUT2D eigenvalue weighted by Gasteiger charge is 1.98. The van der Waals surface area contributed by atoms with Crippen molar-refractivity contribution in [3.05, 3.63) is 42.7 Å². The summed E-state index contributed by atoms with van der Waals surface area (Å²) in [6.07, 6.45) is 1.83. The van der Waals surface area contributed by atoms with Gasteiger partial charge in [0.25, 0.3) is 0 Å². The molecule has 0 aromatic heterocycles. The molecule has 0 saturated heterocycles. The smallest absolute Gasteiger partial charge is 0.123 e. The summed E-state index contributed by atoms with van der Waals surface area (Å²) in [5, 5.41) is 0. The Labute approximate surface area is 82.4 Å². The lowest BCUT2D eigenvalue weighted by molar-refractivity contribution is 0.624. The number of likely N-dealkylation sites (N-methyl/N-ethyl adjacent to an activating group) is 1. The van der Waals surface area contributed by atoms with Gasteiger partial charge in [-0.3, -0.25) is 0 Å². The molecule has 3 heteroatoms. The van der Waals surface area contributed by atoms with Crippen molar-refractivity contribution in [2.75, 3.05) is 13.6 Å². The quantitative estimate of drug-likeness (QED) is 0.539. The van der Waals surface area contributed by atoms with E-state index >= 15 is 0 Å². The number of rotatable bonds is 4. The second kappa shape index (κ2) is 5.04. The van der Waals surface area contributed by atoms with Crippen molar-refractivity contribution in [2.45, 2.75) is 4.90 Å². The van der Waals surface area contributed by atoms with E-state index in [1.54, 1.807) is 24.1 Å². The molecule has 0 aliphatic heterocycles. The molecule has 1 nitrogen and oxygen atoms in total. The van der Waals surface area contributed by atoms with Crippen LogP contribution < -0.4 is 0 Å². The molecular weight excluding hydrogens is 185 g/mol. The minimum atomic E-state index is -0.198. The van der Waals surface area contributed by atoms with Gasteiger partial charge >= 0.3 is 0 Å². The molecule has 0 aliphatic rings. The molecule has 0 fully saturated rings. The zero-order chi connectivity index (χ0) is 9.68. The van der Waals surface area contributed by atoms with Crippen molar-refractivity contribution in [2.24, 2.45) is 0 Å². The first-order chi connectivity index (χ1) is 6.22. The Morgan fingerprint density at radius 1 is 1.46 bits per heavy atom. The van der Waals surface area contributed by atoms with E-state index in [9.17, 15) is 4.39 Å². The van der Waals surface area contributed by atoms with Gasteiger partial charge in [0.2, 0.25) is 0 Å². The van der Waals surface area contributed by atoms with Gasteiger partial charge in [0.1, 0.15) is 5.82 Å². The minimum Gasteiger partial charge on any atom is -0.246 e. The third-order valence-corrected chi connectivity index (χ3v) is 2.40. The molecule has 0 heterocycles. The van der Waals surface area contributed by atoms with Crippen molar-refractivity contribution in [1.29, 1.82) is 0 Å². The molecular formula is C10H12FNS. The van der Waals surface area contributed by atoms with Gasteiger partial charge in [-0.25, -0.2) is 8.70 Å². The maximum Gasteiger partial charge on any atom is 0.123 e. The summed E-state index contributed by atoms with van der Waals surface area (Å²) >= 11 is 1.57. The monoisotopic (exact) mass is 197 g/mol. The van der Waals surface area contributed by atoms with E-state index in [1.165, 1.54) is 12.1 Å². The highest BCUT2D eigenvalue weighted by Crippen LogP contribution is 2.20. The van der Waals surface area contributed by atoms with Crippen molar-refractivity contribution in [3.63, 3.8) is 0 Å². The van der Waals surface area contributed by atoms with Crippen LogP contribution in [0.2, 0.25) is 0 Å². The summed E-state index contributed by atoms with van der Waals surface area (Å²) in [6.45, 7) is 4.45. The Balaban J connectivity index is 2.53. The van der Waals surface area contributed by atoms with Crippen molar-refractivity contribution >= 4 is 11.9 Å². The van der Waals surface area contributed by atoms with Crippen molar-refractivity contribution in [1.82, 2.24) is 4.31 Å². The normalized spacial score (nSPS) is 10.4. The number of halogens is 1. The van der Waals surface area contributed by atoms with Gasteiger partial charge in [-0.15, -0.1) is 6.58 Å². The van der Waals surface area contributed by atoms with Crippen LogP contribution in [0.15, 0.2) is 41.8 Å². The summed E-state index contributed by atoms with van der Waals surface area (Å²) < 4.78 is 14.6. The van der Waals surface area contributed by atoms with Crippen LogP contribution >= 0.6 is 11.9 Å². The zero-order valence-electron chi connectivity index (χ0n) is 7.53. The molecule has 0 unspecified atom stereocenters. The van der Waals surface area contributed by atoms with E-state index < -0.39 is 0 Å². The SMILES string of the molecule is C=CCN(C)Sc1ccc(F)cc1. The van der Waals surface area contributed by atoms with Gasteiger partial charge in [0.05, 0.1) is 0 Å². The van der Waals surface area contributed by atoms with Crippen LogP contribution in [0.5, 0.6) is 0 Å². The fourth-order valence-electron chi connectivity index (χ4n) is 0.894. The lowest BCUT2D eigenvalue weighted by Crippen LogP contribution is -2.07. The predicted octanol–water partition coefficient (Wildman–Crippen LogP) is 2.95. The highest BCUT2D eigenvalue weighted by atomic mass is 32.2. The fourth-order valence-corrected chi connectivity index (χ4v) is 1.69. The van der Waals surface area contributed by atoms with E-state index in [0.29, 0.717) is 0 Å². The first-order valence-electron chi connectivity index (χ1n) is 3.98. The molecule has 0 amide bonds. The molecule has 0 radical (unpaired) electrons. The average molecular weight is 197 g/mol. The van der Waals surface area contributed by atoms with E-state index in [1.807, 2.05) is 17.4 Å². The minimum absolute atomic E-state index is 0.198. The lowest BCUT2D eigenvalue weighted by Gasteiger charge is -2.12.